The van der Waals surface area contributed by atoms with Crippen LogP contribution < -0.4 is 5.32 Å². The molecule has 0 radical (unpaired) electrons. The minimum atomic E-state index is -0.652. The maximum atomic E-state index is 14.5. The zero-order chi connectivity index (χ0) is 23.1. The number of rotatable bonds is 5. The van der Waals surface area contributed by atoms with Crippen molar-refractivity contribution in [3.63, 3.8) is 0 Å². The summed E-state index contributed by atoms with van der Waals surface area (Å²) in [6.45, 7) is 2.04. The third kappa shape index (κ3) is 4.51. The van der Waals surface area contributed by atoms with Crippen molar-refractivity contribution < 1.29 is 18.0 Å². The van der Waals surface area contributed by atoms with Crippen LogP contribution in [-0.2, 0) is 4.79 Å². The first-order valence-electron chi connectivity index (χ1n) is 11.6. The van der Waals surface area contributed by atoms with Gasteiger partial charge in [-0.25, -0.2) is 13.2 Å². The van der Waals surface area contributed by atoms with Crippen LogP contribution in [0.4, 0.5) is 13.2 Å². The molecular weight excluding hydrogens is 427 g/mol. The van der Waals surface area contributed by atoms with E-state index in [0.717, 1.165) is 43.1 Å². The van der Waals surface area contributed by atoms with Gasteiger partial charge < -0.3 is 15.2 Å². The van der Waals surface area contributed by atoms with E-state index in [1.54, 1.807) is 12.1 Å². The molecule has 0 spiro atoms. The standard InChI is InChI=1S/C26H28F3N3O/c1-32-8-2-3-15(14-32)9-23(33)30-20-10-17(11-20)24-21-12-19(28)13-22(29)26(21)31-25(24)16-4-6-18(27)7-5-16/h4-7,12-13,15,17,20,31H,2-3,8-11,14H2,1H3,(H,30,33)/t15?,17-,20+. The van der Waals surface area contributed by atoms with Crippen molar-refractivity contribution in [2.24, 2.45) is 5.92 Å². The number of H-pyrrole nitrogens is 1. The Kier molecular flexibility index (Phi) is 5.91. The normalized spacial score (nSPS) is 23.5. The van der Waals surface area contributed by atoms with Crippen LogP contribution in [0.5, 0.6) is 0 Å². The molecule has 0 bridgehead atoms. The van der Waals surface area contributed by atoms with Gasteiger partial charge in [0.05, 0.1) is 11.2 Å². The molecule has 1 aliphatic carbocycles. The second kappa shape index (κ2) is 8.86. The van der Waals surface area contributed by atoms with Crippen LogP contribution in [0.3, 0.4) is 0 Å². The second-order valence-corrected chi connectivity index (χ2v) is 9.64. The van der Waals surface area contributed by atoms with Gasteiger partial charge in [-0.05, 0) is 92.6 Å². The maximum absolute atomic E-state index is 14.5. The number of hydrogen-bond acceptors (Lipinski definition) is 2. The first-order valence-corrected chi connectivity index (χ1v) is 11.6. The van der Waals surface area contributed by atoms with Crippen molar-refractivity contribution in [2.45, 2.75) is 44.1 Å². The first kappa shape index (κ1) is 22.0. The molecule has 2 aromatic carbocycles. The van der Waals surface area contributed by atoms with Crippen molar-refractivity contribution in [1.82, 2.24) is 15.2 Å². The number of piperidine rings is 1. The average Bonchev–Trinajstić information content (AvgIpc) is 3.10. The number of amides is 1. The minimum Gasteiger partial charge on any atom is -0.353 e. The molecule has 5 rings (SSSR count). The predicted octanol–water partition coefficient (Wildman–Crippen LogP) is 5.35. The Labute approximate surface area is 191 Å². The highest BCUT2D eigenvalue weighted by Gasteiger charge is 2.36. The van der Waals surface area contributed by atoms with Crippen LogP contribution in [0.1, 0.15) is 43.6 Å². The van der Waals surface area contributed by atoms with Crippen molar-refractivity contribution in [2.75, 3.05) is 20.1 Å². The molecule has 3 aromatic rings. The number of carbonyl (C=O) groups is 1. The lowest BCUT2D eigenvalue weighted by Gasteiger charge is -2.37. The van der Waals surface area contributed by atoms with Gasteiger partial charge in [-0.15, -0.1) is 0 Å². The number of likely N-dealkylation sites (tertiary alicyclic amines) is 1. The minimum absolute atomic E-state index is 0.0473. The van der Waals surface area contributed by atoms with E-state index in [1.807, 2.05) is 0 Å². The molecule has 4 nitrogen and oxygen atoms in total. The van der Waals surface area contributed by atoms with Crippen LogP contribution in [0.2, 0.25) is 0 Å². The maximum Gasteiger partial charge on any atom is 0.220 e. The average molecular weight is 456 g/mol. The van der Waals surface area contributed by atoms with E-state index < -0.39 is 11.6 Å². The summed E-state index contributed by atoms with van der Waals surface area (Å²) in [5.74, 6) is -1.12. The van der Waals surface area contributed by atoms with E-state index in [0.29, 0.717) is 36.3 Å². The van der Waals surface area contributed by atoms with E-state index in [1.165, 1.54) is 18.2 Å². The summed E-state index contributed by atoms with van der Waals surface area (Å²) in [7, 11) is 2.09. The highest BCUT2D eigenvalue weighted by molar-refractivity contribution is 5.92. The predicted molar refractivity (Wildman–Crippen MR) is 122 cm³/mol. The highest BCUT2D eigenvalue weighted by Crippen LogP contribution is 2.45. The molecule has 174 valence electrons. The summed E-state index contributed by atoms with van der Waals surface area (Å²) in [6.07, 6.45) is 4.15. The Morgan fingerprint density at radius 1 is 1.12 bits per heavy atom. The molecule has 1 amide bonds. The number of nitrogens with zero attached hydrogens (tertiary/aromatic N) is 1. The lowest BCUT2D eigenvalue weighted by atomic mass is 9.74. The zero-order valence-corrected chi connectivity index (χ0v) is 18.6. The van der Waals surface area contributed by atoms with Gasteiger partial charge in [-0.2, -0.15) is 0 Å². The topological polar surface area (TPSA) is 48.1 Å². The van der Waals surface area contributed by atoms with Gasteiger partial charge in [0.1, 0.15) is 17.5 Å². The fourth-order valence-corrected chi connectivity index (χ4v) is 5.47. The van der Waals surface area contributed by atoms with Gasteiger partial charge >= 0.3 is 0 Å². The molecule has 1 atom stereocenters. The molecular formula is C26H28F3N3O. The van der Waals surface area contributed by atoms with Crippen LogP contribution in [0.15, 0.2) is 36.4 Å². The number of carbonyl (C=O) groups excluding carboxylic acids is 1. The summed E-state index contributed by atoms with van der Waals surface area (Å²) < 4.78 is 42.0. The first-order chi connectivity index (χ1) is 15.9. The molecule has 1 aliphatic heterocycles. The van der Waals surface area contributed by atoms with E-state index in [9.17, 15) is 18.0 Å². The molecule has 33 heavy (non-hydrogen) atoms. The Hall–Kier alpha value is -2.80. The molecule has 1 saturated carbocycles. The summed E-state index contributed by atoms with van der Waals surface area (Å²) >= 11 is 0. The lowest BCUT2D eigenvalue weighted by molar-refractivity contribution is -0.123. The quantitative estimate of drug-likeness (QED) is 0.545. The smallest absolute Gasteiger partial charge is 0.220 e. The molecule has 2 N–H and O–H groups in total. The third-order valence-corrected chi connectivity index (χ3v) is 7.10. The zero-order valence-electron chi connectivity index (χ0n) is 18.6. The van der Waals surface area contributed by atoms with E-state index >= 15 is 0 Å². The van der Waals surface area contributed by atoms with Gasteiger partial charge in [0.2, 0.25) is 5.91 Å². The van der Waals surface area contributed by atoms with Crippen molar-refractivity contribution in [1.29, 1.82) is 0 Å². The van der Waals surface area contributed by atoms with Gasteiger partial charge in [-0.1, -0.05) is 0 Å². The van der Waals surface area contributed by atoms with E-state index in [2.05, 4.69) is 22.2 Å². The number of benzene rings is 2. The summed E-state index contributed by atoms with van der Waals surface area (Å²) in [5.41, 5.74) is 2.47. The fourth-order valence-electron chi connectivity index (χ4n) is 5.47. The summed E-state index contributed by atoms with van der Waals surface area (Å²) in [5, 5.41) is 3.65. The molecule has 1 unspecified atom stereocenters. The largest absolute Gasteiger partial charge is 0.353 e. The van der Waals surface area contributed by atoms with Gasteiger partial charge in [0, 0.05) is 30.5 Å². The number of halogens is 3. The SMILES string of the molecule is CN1CCCC(CC(=O)N[C@H]2C[C@@H](c3c(-c4ccc(F)cc4)[nH]c4c(F)cc(F)cc43)C2)C1. The highest BCUT2D eigenvalue weighted by atomic mass is 19.1. The fraction of sp³-hybridized carbons (Fsp3) is 0.423. The molecule has 2 aliphatic rings. The van der Waals surface area contributed by atoms with E-state index in [4.69, 9.17) is 0 Å². The number of hydrogen-bond donors (Lipinski definition) is 2. The summed E-state index contributed by atoms with van der Waals surface area (Å²) in [6, 6.07) is 8.25. The van der Waals surface area contributed by atoms with Crippen LogP contribution in [0.25, 0.3) is 22.2 Å². The molecule has 1 aromatic heterocycles. The Bertz CT molecular complexity index is 1170. The van der Waals surface area contributed by atoms with Gasteiger partial charge in [0.15, 0.2) is 0 Å². The summed E-state index contributed by atoms with van der Waals surface area (Å²) in [4.78, 5) is 17.9. The van der Waals surface area contributed by atoms with Crippen LogP contribution in [-0.4, -0.2) is 42.0 Å². The second-order valence-electron chi connectivity index (χ2n) is 9.64. The molecule has 2 heterocycles. The van der Waals surface area contributed by atoms with Crippen LogP contribution in [0, 0.1) is 23.4 Å². The molecule has 1 saturated heterocycles. The lowest BCUT2D eigenvalue weighted by Crippen LogP contribution is -2.44. The number of aromatic nitrogens is 1. The van der Waals surface area contributed by atoms with Crippen molar-refractivity contribution in [3.8, 4) is 11.3 Å². The number of fused-ring (bicyclic) bond motifs is 1. The van der Waals surface area contributed by atoms with Crippen LogP contribution >= 0.6 is 0 Å². The van der Waals surface area contributed by atoms with Gasteiger partial charge in [-0.3, -0.25) is 4.79 Å². The Balaban J connectivity index is 1.34. The monoisotopic (exact) mass is 455 g/mol. The van der Waals surface area contributed by atoms with E-state index in [-0.39, 0.29) is 29.2 Å². The molecule has 2 fully saturated rings. The Morgan fingerprint density at radius 3 is 2.61 bits per heavy atom. The number of aromatic amines is 1. The van der Waals surface area contributed by atoms with Gasteiger partial charge in [0.25, 0.3) is 0 Å². The number of nitrogens with one attached hydrogen (secondary N) is 2. The van der Waals surface area contributed by atoms with Crippen molar-refractivity contribution >= 4 is 16.8 Å². The Morgan fingerprint density at radius 2 is 1.88 bits per heavy atom. The third-order valence-electron chi connectivity index (χ3n) is 7.10. The molecule has 7 heteroatoms. The van der Waals surface area contributed by atoms with Crippen molar-refractivity contribution in [3.05, 3.63) is 59.4 Å².